The molecule has 0 aliphatic heterocycles. The molecule has 2 aliphatic rings. The second kappa shape index (κ2) is 11.5. The van der Waals surface area contributed by atoms with Crippen LogP contribution < -0.4 is 10.6 Å². The highest BCUT2D eigenvalue weighted by atomic mass is 32.1. The van der Waals surface area contributed by atoms with E-state index in [1.54, 1.807) is 0 Å². The van der Waals surface area contributed by atoms with Crippen LogP contribution in [0, 0.1) is 16.7 Å². The predicted molar refractivity (Wildman–Crippen MR) is 167 cm³/mol. The van der Waals surface area contributed by atoms with Gasteiger partial charge in [-0.15, -0.1) is 11.3 Å². The van der Waals surface area contributed by atoms with Gasteiger partial charge in [-0.2, -0.15) is 0 Å². The summed E-state index contributed by atoms with van der Waals surface area (Å²) < 4.78 is 0. The molecule has 224 valence electrons. The summed E-state index contributed by atoms with van der Waals surface area (Å²) in [4.78, 5) is 32.5. The highest BCUT2D eigenvalue weighted by Crippen LogP contribution is 2.62. The van der Waals surface area contributed by atoms with E-state index in [2.05, 4.69) is 38.3 Å². The molecule has 0 bridgehead atoms. The Morgan fingerprint density at radius 3 is 2.40 bits per heavy atom. The molecule has 5 rings (SSSR count). The number of amides is 2. The first-order valence-electron chi connectivity index (χ1n) is 14.9. The van der Waals surface area contributed by atoms with E-state index in [0.717, 1.165) is 28.1 Å². The maximum atomic E-state index is 13.4. The maximum Gasteiger partial charge on any atom is 0.257 e. The van der Waals surface area contributed by atoms with Crippen LogP contribution in [-0.4, -0.2) is 39.7 Å². The van der Waals surface area contributed by atoms with Gasteiger partial charge in [0.15, 0.2) is 5.13 Å². The number of thiazole rings is 1. The highest BCUT2D eigenvalue weighted by Gasteiger charge is 2.59. The number of benzene rings is 2. The summed E-state index contributed by atoms with van der Waals surface area (Å²) in [6.45, 7) is 10.9. The van der Waals surface area contributed by atoms with Crippen LogP contribution in [0.25, 0.3) is 0 Å². The molecule has 0 spiro atoms. The van der Waals surface area contributed by atoms with E-state index in [4.69, 9.17) is 4.98 Å². The zero-order valence-corrected chi connectivity index (χ0v) is 26.1. The van der Waals surface area contributed by atoms with Crippen LogP contribution in [0.2, 0.25) is 0 Å². The summed E-state index contributed by atoms with van der Waals surface area (Å²) in [6.07, 6.45) is 1.54. The summed E-state index contributed by atoms with van der Waals surface area (Å²) in [6, 6.07) is 17.5. The Kier molecular flexibility index (Phi) is 8.36. The number of hydrogen-bond donors (Lipinski definition) is 4. The SMILES string of the molecule is CC(C)(C)c1ccc(C(=O)Nc2nc3c(s2)CC2C(C)(CO)C(O)CCC2(C)C3CC(=O)NCc2ccccc2)cc1. The molecule has 0 saturated heterocycles. The van der Waals surface area contributed by atoms with Crippen LogP contribution in [0.4, 0.5) is 5.13 Å². The van der Waals surface area contributed by atoms with Crippen molar-refractivity contribution < 1.29 is 19.8 Å². The average Bonchev–Trinajstić information content (AvgIpc) is 3.37. The van der Waals surface area contributed by atoms with Crippen molar-refractivity contribution in [2.24, 2.45) is 16.7 Å². The molecular weight excluding hydrogens is 546 g/mol. The van der Waals surface area contributed by atoms with Gasteiger partial charge in [0.05, 0.1) is 18.4 Å². The molecule has 7 nitrogen and oxygen atoms in total. The normalized spacial score (nSPS) is 27.1. The van der Waals surface area contributed by atoms with Crippen molar-refractivity contribution in [3.05, 3.63) is 81.9 Å². The Bertz CT molecular complexity index is 1430. The fourth-order valence-electron chi connectivity index (χ4n) is 7.04. The molecule has 1 saturated carbocycles. The molecule has 4 N–H and O–H groups in total. The van der Waals surface area contributed by atoms with E-state index < -0.39 is 11.5 Å². The zero-order chi connectivity index (χ0) is 30.3. The molecule has 2 amide bonds. The fourth-order valence-corrected chi connectivity index (χ4v) is 8.11. The van der Waals surface area contributed by atoms with E-state index in [9.17, 15) is 19.8 Å². The quantitative estimate of drug-likeness (QED) is 0.278. The van der Waals surface area contributed by atoms with Crippen molar-refractivity contribution in [3.8, 4) is 0 Å². The van der Waals surface area contributed by atoms with Gasteiger partial charge in [0, 0.05) is 34.7 Å². The lowest BCUT2D eigenvalue weighted by atomic mass is 9.47. The molecule has 2 aromatic carbocycles. The number of carbonyl (C=O) groups is 2. The van der Waals surface area contributed by atoms with Crippen LogP contribution in [0.5, 0.6) is 0 Å². The van der Waals surface area contributed by atoms with Gasteiger partial charge in [-0.1, -0.05) is 77.1 Å². The number of nitrogens with one attached hydrogen (secondary N) is 2. The van der Waals surface area contributed by atoms with Gasteiger partial charge in [0.2, 0.25) is 5.91 Å². The Morgan fingerprint density at radius 2 is 1.76 bits per heavy atom. The molecule has 1 heterocycles. The zero-order valence-electron chi connectivity index (χ0n) is 25.2. The molecule has 5 atom stereocenters. The third kappa shape index (κ3) is 5.77. The van der Waals surface area contributed by atoms with Crippen molar-refractivity contribution in [2.75, 3.05) is 11.9 Å². The summed E-state index contributed by atoms with van der Waals surface area (Å²) in [7, 11) is 0. The lowest BCUT2D eigenvalue weighted by Gasteiger charge is -2.58. The topological polar surface area (TPSA) is 112 Å². The molecule has 1 aromatic heterocycles. The van der Waals surface area contributed by atoms with Gasteiger partial charge in [-0.3, -0.25) is 14.9 Å². The van der Waals surface area contributed by atoms with Gasteiger partial charge in [0.1, 0.15) is 0 Å². The third-order valence-corrected chi connectivity index (χ3v) is 10.9. The first-order chi connectivity index (χ1) is 19.8. The molecule has 2 aliphatic carbocycles. The lowest BCUT2D eigenvalue weighted by molar-refractivity contribution is -0.144. The van der Waals surface area contributed by atoms with E-state index in [0.29, 0.717) is 30.1 Å². The van der Waals surface area contributed by atoms with Gasteiger partial charge in [0.25, 0.3) is 5.91 Å². The lowest BCUT2D eigenvalue weighted by Crippen LogP contribution is -2.57. The largest absolute Gasteiger partial charge is 0.396 e. The van der Waals surface area contributed by atoms with Gasteiger partial charge >= 0.3 is 0 Å². The molecule has 42 heavy (non-hydrogen) atoms. The summed E-state index contributed by atoms with van der Waals surface area (Å²) in [5, 5.41) is 28.1. The average molecular weight is 590 g/mol. The Morgan fingerprint density at radius 1 is 1.07 bits per heavy atom. The first-order valence-corrected chi connectivity index (χ1v) is 15.7. The molecular formula is C34H43N3O4S. The maximum absolute atomic E-state index is 13.4. The summed E-state index contributed by atoms with van der Waals surface area (Å²) in [5.41, 5.74) is 2.53. The molecule has 1 fully saturated rings. The second-order valence-corrected chi connectivity index (χ2v) is 14.7. The number of nitrogens with zero attached hydrogens (tertiary/aromatic N) is 1. The minimum absolute atomic E-state index is 0.00466. The Hall–Kier alpha value is -3.07. The van der Waals surface area contributed by atoms with E-state index in [-0.39, 0.29) is 47.5 Å². The van der Waals surface area contributed by atoms with Gasteiger partial charge < -0.3 is 15.5 Å². The van der Waals surface area contributed by atoms with Crippen LogP contribution >= 0.6 is 11.3 Å². The number of aliphatic hydroxyl groups is 2. The number of carbonyl (C=O) groups excluding carboxylic acids is 2. The van der Waals surface area contributed by atoms with Gasteiger partial charge in [-0.25, -0.2) is 4.98 Å². The monoisotopic (exact) mass is 589 g/mol. The summed E-state index contributed by atoms with van der Waals surface area (Å²) in [5.74, 6) is -0.551. The fraction of sp³-hybridized carbons (Fsp3) is 0.500. The Labute approximate surface area is 252 Å². The smallest absolute Gasteiger partial charge is 0.257 e. The van der Waals surface area contributed by atoms with Crippen LogP contribution in [-0.2, 0) is 23.2 Å². The molecule has 0 radical (unpaired) electrons. The van der Waals surface area contributed by atoms with Crippen LogP contribution in [0.3, 0.4) is 0 Å². The second-order valence-electron chi connectivity index (χ2n) is 13.6. The standard InChI is InChI=1S/C34H43N3O4S/c1-32(2,3)23-13-11-22(12-14-23)30(41)37-31-36-29-24(17-28(40)35-19-21-9-7-6-8-10-21)33(4)16-15-27(39)34(5,20-38)26(33)18-25(29)42-31/h6-14,24,26-27,38-39H,15-20H2,1-5H3,(H,35,40)(H,36,37,41). The number of aliphatic hydroxyl groups excluding tert-OH is 2. The van der Waals surface area contributed by atoms with Crippen LogP contribution in [0.1, 0.15) is 91.9 Å². The van der Waals surface area contributed by atoms with Crippen LogP contribution in [0.15, 0.2) is 54.6 Å². The van der Waals surface area contributed by atoms with Crippen molar-refractivity contribution in [1.29, 1.82) is 0 Å². The summed E-state index contributed by atoms with van der Waals surface area (Å²) >= 11 is 1.44. The predicted octanol–water partition coefficient (Wildman–Crippen LogP) is 5.81. The van der Waals surface area contributed by atoms with Crippen molar-refractivity contribution in [2.45, 2.75) is 84.3 Å². The third-order valence-electron chi connectivity index (χ3n) is 9.85. The molecule has 5 unspecified atom stereocenters. The number of hydrogen-bond acceptors (Lipinski definition) is 6. The van der Waals surface area contributed by atoms with E-state index in [1.165, 1.54) is 11.3 Å². The van der Waals surface area contributed by atoms with Crippen molar-refractivity contribution in [1.82, 2.24) is 10.3 Å². The number of fused-ring (bicyclic) bond motifs is 2. The Balaban J connectivity index is 1.43. The minimum atomic E-state index is -0.703. The number of aromatic nitrogens is 1. The van der Waals surface area contributed by atoms with Gasteiger partial charge in [-0.05, 0) is 59.3 Å². The van der Waals surface area contributed by atoms with E-state index >= 15 is 0 Å². The van der Waals surface area contributed by atoms with Crippen molar-refractivity contribution in [3.63, 3.8) is 0 Å². The molecule has 8 heteroatoms. The van der Waals surface area contributed by atoms with E-state index in [1.807, 2.05) is 61.5 Å². The first kappa shape index (κ1) is 30.4. The highest BCUT2D eigenvalue weighted by molar-refractivity contribution is 7.15. The number of anilines is 1. The number of rotatable bonds is 7. The minimum Gasteiger partial charge on any atom is -0.396 e. The van der Waals surface area contributed by atoms with Crippen molar-refractivity contribution >= 4 is 28.3 Å². The molecule has 3 aromatic rings.